The molecule has 2 heterocycles. The summed E-state index contributed by atoms with van der Waals surface area (Å²) in [6.45, 7) is 1.85. The highest BCUT2D eigenvalue weighted by molar-refractivity contribution is 7.13. The van der Waals surface area contributed by atoms with Crippen LogP contribution in [0.25, 0.3) is 10.6 Å². The molecule has 4 rings (SSSR count). The number of imide groups is 1. The average molecular weight is 393 g/mol. The van der Waals surface area contributed by atoms with Crippen molar-refractivity contribution >= 4 is 23.3 Å². The Morgan fingerprint density at radius 3 is 2.50 bits per heavy atom. The number of amides is 3. The highest BCUT2D eigenvalue weighted by Gasteiger charge is 2.49. The standard InChI is InChI=1S/C21H19N3O3S/c1-21(15-8-10-17(27-2)11-9-15)19(25)24(20(26)23-21)12-16-13-28-18(22-16)14-6-4-3-5-7-14/h3-11,13H,12H2,1-2H3,(H,23,26). The number of nitrogens with zero attached hydrogens (tertiary/aromatic N) is 2. The zero-order chi connectivity index (χ0) is 19.7. The Labute approximate surface area is 166 Å². The van der Waals surface area contributed by atoms with Crippen LogP contribution in [0.4, 0.5) is 4.79 Å². The van der Waals surface area contributed by atoms with Gasteiger partial charge in [-0.05, 0) is 24.6 Å². The number of thiazole rings is 1. The fraction of sp³-hybridized carbons (Fsp3) is 0.190. The predicted molar refractivity (Wildman–Crippen MR) is 107 cm³/mol. The van der Waals surface area contributed by atoms with Crippen molar-refractivity contribution in [1.82, 2.24) is 15.2 Å². The van der Waals surface area contributed by atoms with Crippen LogP contribution in [-0.2, 0) is 16.9 Å². The van der Waals surface area contributed by atoms with E-state index in [4.69, 9.17) is 4.74 Å². The number of rotatable bonds is 5. The van der Waals surface area contributed by atoms with Crippen molar-refractivity contribution in [2.24, 2.45) is 0 Å². The molecule has 6 nitrogen and oxygen atoms in total. The minimum absolute atomic E-state index is 0.139. The monoisotopic (exact) mass is 393 g/mol. The third-order valence-electron chi connectivity index (χ3n) is 4.83. The molecule has 1 N–H and O–H groups in total. The van der Waals surface area contributed by atoms with Crippen LogP contribution in [0.1, 0.15) is 18.2 Å². The van der Waals surface area contributed by atoms with Crippen LogP contribution >= 0.6 is 11.3 Å². The van der Waals surface area contributed by atoms with Gasteiger partial charge in [0.1, 0.15) is 16.3 Å². The maximum absolute atomic E-state index is 13.1. The molecule has 0 spiro atoms. The first-order valence-electron chi connectivity index (χ1n) is 8.80. The van der Waals surface area contributed by atoms with Gasteiger partial charge >= 0.3 is 6.03 Å². The first kappa shape index (κ1) is 18.2. The maximum Gasteiger partial charge on any atom is 0.325 e. The van der Waals surface area contributed by atoms with E-state index in [9.17, 15) is 9.59 Å². The first-order chi connectivity index (χ1) is 13.5. The largest absolute Gasteiger partial charge is 0.497 e. The molecule has 2 aromatic carbocycles. The smallest absolute Gasteiger partial charge is 0.325 e. The Morgan fingerprint density at radius 2 is 1.82 bits per heavy atom. The number of carbonyl (C=O) groups is 2. The third kappa shape index (κ3) is 3.14. The highest BCUT2D eigenvalue weighted by Crippen LogP contribution is 2.31. The minimum Gasteiger partial charge on any atom is -0.497 e. The van der Waals surface area contributed by atoms with E-state index in [2.05, 4.69) is 10.3 Å². The molecule has 1 aliphatic rings. The molecule has 1 saturated heterocycles. The van der Waals surface area contributed by atoms with Crippen LogP contribution < -0.4 is 10.1 Å². The summed E-state index contributed by atoms with van der Waals surface area (Å²) in [5.41, 5.74) is 1.30. The predicted octanol–water partition coefficient (Wildman–Crippen LogP) is 3.79. The minimum atomic E-state index is -1.11. The second kappa shape index (κ2) is 7.09. The summed E-state index contributed by atoms with van der Waals surface area (Å²) < 4.78 is 5.16. The van der Waals surface area contributed by atoms with E-state index in [1.54, 1.807) is 38.3 Å². The lowest BCUT2D eigenvalue weighted by Crippen LogP contribution is -2.40. The Bertz CT molecular complexity index is 1020. The zero-order valence-electron chi connectivity index (χ0n) is 15.5. The normalized spacial score (nSPS) is 19.0. The van der Waals surface area contributed by atoms with Crippen molar-refractivity contribution in [2.75, 3.05) is 7.11 Å². The molecule has 1 aromatic heterocycles. The van der Waals surface area contributed by atoms with E-state index in [0.29, 0.717) is 17.0 Å². The van der Waals surface area contributed by atoms with Crippen molar-refractivity contribution in [2.45, 2.75) is 19.0 Å². The molecular formula is C21H19N3O3S. The molecular weight excluding hydrogens is 374 g/mol. The Morgan fingerprint density at radius 1 is 1.11 bits per heavy atom. The van der Waals surface area contributed by atoms with Gasteiger partial charge in [-0.1, -0.05) is 42.5 Å². The molecule has 28 heavy (non-hydrogen) atoms. The van der Waals surface area contributed by atoms with Crippen LogP contribution in [0.3, 0.4) is 0 Å². The summed E-state index contributed by atoms with van der Waals surface area (Å²) in [5.74, 6) is 0.397. The number of aromatic nitrogens is 1. The Hall–Kier alpha value is -3.19. The summed E-state index contributed by atoms with van der Waals surface area (Å²) >= 11 is 1.49. The van der Waals surface area contributed by atoms with Crippen molar-refractivity contribution in [1.29, 1.82) is 0 Å². The van der Waals surface area contributed by atoms with E-state index in [-0.39, 0.29) is 12.5 Å². The molecule has 3 amide bonds. The fourth-order valence-electron chi connectivity index (χ4n) is 3.22. The zero-order valence-corrected chi connectivity index (χ0v) is 16.3. The van der Waals surface area contributed by atoms with Gasteiger partial charge in [0.05, 0.1) is 19.3 Å². The topological polar surface area (TPSA) is 71.5 Å². The molecule has 1 unspecified atom stereocenters. The molecule has 7 heteroatoms. The lowest BCUT2D eigenvalue weighted by molar-refractivity contribution is -0.131. The lowest BCUT2D eigenvalue weighted by atomic mass is 9.92. The molecule has 1 atom stereocenters. The molecule has 0 bridgehead atoms. The fourth-order valence-corrected chi connectivity index (χ4v) is 4.03. The van der Waals surface area contributed by atoms with Crippen LogP contribution in [0, 0.1) is 0 Å². The van der Waals surface area contributed by atoms with Crippen molar-refractivity contribution in [3.8, 4) is 16.3 Å². The number of methoxy groups -OCH3 is 1. The van der Waals surface area contributed by atoms with Gasteiger partial charge in [0.15, 0.2) is 0 Å². The summed E-state index contributed by atoms with van der Waals surface area (Å²) in [7, 11) is 1.58. The third-order valence-corrected chi connectivity index (χ3v) is 5.78. The lowest BCUT2D eigenvalue weighted by Gasteiger charge is -2.22. The summed E-state index contributed by atoms with van der Waals surface area (Å²) in [5, 5.41) is 5.56. The number of hydrogen-bond donors (Lipinski definition) is 1. The quantitative estimate of drug-likeness (QED) is 0.670. The van der Waals surface area contributed by atoms with Crippen LogP contribution in [0.2, 0.25) is 0 Å². The second-order valence-corrected chi connectivity index (χ2v) is 7.54. The number of carbonyl (C=O) groups excluding carboxylic acids is 2. The molecule has 3 aromatic rings. The van der Waals surface area contributed by atoms with Crippen LogP contribution in [0.15, 0.2) is 60.0 Å². The van der Waals surface area contributed by atoms with Gasteiger partial charge in [0.2, 0.25) is 0 Å². The molecule has 0 aliphatic carbocycles. The number of hydrogen-bond acceptors (Lipinski definition) is 5. The van der Waals surface area contributed by atoms with E-state index < -0.39 is 11.6 Å². The van der Waals surface area contributed by atoms with Gasteiger partial charge in [-0.25, -0.2) is 9.78 Å². The maximum atomic E-state index is 13.1. The van der Waals surface area contributed by atoms with E-state index in [1.807, 2.05) is 35.7 Å². The molecule has 0 radical (unpaired) electrons. The number of benzene rings is 2. The first-order valence-corrected chi connectivity index (χ1v) is 9.68. The second-order valence-electron chi connectivity index (χ2n) is 6.68. The molecule has 0 saturated carbocycles. The van der Waals surface area contributed by atoms with Gasteiger partial charge in [0.25, 0.3) is 5.91 Å². The van der Waals surface area contributed by atoms with E-state index >= 15 is 0 Å². The molecule has 1 aliphatic heterocycles. The Kier molecular flexibility index (Phi) is 4.60. The highest BCUT2D eigenvalue weighted by atomic mass is 32.1. The van der Waals surface area contributed by atoms with Gasteiger partial charge in [0, 0.05) is 10.9 Å². The summed E-state index contributed by atoms with van der Waals surface area (Å²) in [4.78, 5) is 31.4. The Balaban J connectivity index is 1.55. The van der Waals surface area contributed by atoms with Gasteiger partial charge in [-0.2, -0.15) is 0 Å². The van der Waals surface area contributed by atoms with Crippen LogP contribution in [0.5, 0.6) is 5.75 Å². The molecule has 1 fully saturated rings. The SMILES string of the molecule is COc1ccc(C2(C)NC(=O)N(Cc3csc(-c4ccccc4)n3)C2=O)cc1. The van der Waals surface area contributed by atoms with E-state index in [1.165, 1.54) is 16.2 Å². The van der Waals surface area contributed by atoms with Gasteiger partial charge in [-0.15, -0.1) is 11.3 Å². The summed E-state index contributed by atoms with van der Waals surface area (Å²) in [6.07, 6.45) is 0. The van der Waals surface area contributed by atoms with E-state index in [0.717, 1.165) is 10.6 Å². The summed E-state index contributed by atoms with van der Waals surface area (Å²) in [6, 6.07) is 16.5. The number of urea groups is 1. The van der Waals surface area contributed by atoms with Crippen molar-refractivity contribution in [3.05, 3.63) is 71.2 Å². The molecule has 142 valence electrons. The number of nitrogens with one attached hydrogen (secondary N) is 1. The van der Waals surface area contributed by atoms with Gasteiger partial charge in [-0.3, -0.25) is 9.69 Å². The van der Waals surface area contributed by atoms with Crippen molar-refractivity contribution in [3.63, 3.8) is 0 Å². The number of ether oxygens (including phenoxy) is 1. The van der Waals surface area contributed by atoms with Gasteiger partial charge < -0.3 is 10.1 Å². The average Bonchev–Trinajstić information content (AvgIpc) is 3.28. The van der Waals surface area contributed by atoms with Crippen LogP contribution in [-0.4, -0.2) is 28.9 Å². The van der Waals surface area contributed by atoms with Crippen molar-refractivity contribution < 1.29 is 14.3 Å².